The highest BCUT2D eigenvalue weighted by atomic mass is 16.6. The number of nitro benzene ring substituents is 1. The average Bonchev–Trinajstić information content (AvgIpc) is 2.36. The van der Waals surface area contributed by atoms with Crippen LogP contribution >= 0.6 is 0 Å². The van der Waals surface area contributed by atoms with E-state index in [1.54, 1.807) is 0 Å². The molecule has 0 saturated heterocycles. The topological polar surface area (TPSA) is 98.3 Å². The quantitative estimate of drug-likeness (QED) is 0.485. The Morgan fingerprint density at radius 1 is 1.47 bits per heavy atom. The average molecular weight is 265 g/mol. The van der Waals surface area contributed by atoms with Crippen molar-refractivity contribution in [2.45, 2.75) is 33.2 Å². The number of nitro groups is 1. The van der Waals surface area contributed by atoms with Gasteiger partial charge in [-0.15, -0.1) is 0 Å². The summed E-state index contributed by atoms with van der Waals surface area (Å²) >= 11 is 0. The summed E-state index contributed by atoms with van der Waals surface area (Å²) in [7, 11) is 0. The maximum atomic E-state index is 12.0. The number of nitrogens with one attached hydrogen (secondary N) is 1. The molecule has 0 spiro atoms. The van der Waals surface area contributed by atoms with Gasteiger partial charge in [-0.1, -0.05) is 20.3 Å². The molecule has 2 atom stereocenters. The second-order valence-corrected chi connectivity index (χ2v) is 4.68. The van der Waals surface area contributed by atoms with E-state index < -0.39 is 4.92 Å². The van der Waals surface area contributed by atoms with Gasteiger partial charge in [-0.3, -0.25) is 14.9 Å². The zero-order chi connectivity index (χ0) is 14.6. The van der Waals surface area contributed by atoms with Crippen LogP contribution in [0.15, 0.2) is 18.2 Å². The first kappa shape index (κ1) is 14.9. The van der Waals surface area contributed by atoms with Crippen LogP contribution in [0.3, 0.4) is 0 Å². The lowest BCUT2D eigenvalue weighted by Gasteiger charge is -2.19. The van der Waals surface area contributed by atoms with E-state index >= 15 is 0 Å². The molecule has 0 bridgehead atoms. The standard InChI is InChI=1S/C13H19N3O3/c1-4-8(2)9(3)15-13(17)10-5-6-12(16(18)19)11(14)7-10/h5-9H,4,14H2,1-3H3,(H,15,17). The maximum Gasteiger partial charge on any atom is 0.292 e. The second kappa shape index (κ2) is 6.17. The predicted molar refractivity (Wildman–Crippen MR) is 73.9 cm³/mol. The van der Waals surface area contributed by atoms with Gasteiger partial charge in [0.05, 0.1) is 4.92 Å². The lowest BCUT2D eigenvalue weighted by molar-refractivity contribution is -0.383. The fraction of sp³-hybridized carbons (Fsp3) is 0.462. The molecule has 0 aliphatic carbocycles. The number of nitrogens with zero attached hydrogens (tertiary/aromatic N) is 1. The molecule has 19 heavy (non-hydrogen) atoms. The molecule has 1 aromatic carbocycles. The van der Waals surface area contributed by atoms with Crippen molar-refractivity contribution in [1.82, 2.24) is 5.32 Å². The molecule has 0 aliphatic rings. The number of carbonyl (C=O) groups is 1. The van der Waals surface area contributed by atoms with Crippen LogP contribution in [0.5, 0.6) is 0 Å². The molecule has 0 heterocycles. The highest BCUT2D eigenvalue weighted by Gasteiger charge is 2.17. The molecule has 0 aliphatic heterocycles. The fourth-order valence-electron chi connectivity index (χ4n) is 1.65. The van der Waals surface area contributed by atoms with Crippen molar-refractivity contribution in [3.05, 3.63) is 33.9 Å². The summed E-state index contributed by atoms with van der Waals surface area (Å²) in [6.45, 7) is 6.03. The molecule has 104 valence electrons. The minimum atomic E-state index is -0.571. The molecule has 1 rings (SSSR count). The maximum absolute atomic E-state index is 12.0. The van der Waals surface area contributed by atoms with Crippen LogP contribution in [0, 0.1) is 16.0 Å². The minimum absolute atomic E-state index is 0.00570. The Hall–Kier alpha value is -2.11. The van der Waals surface area contributed by atoms with Gasteiger partial charge in [0, 0.05) is 17.7 Å². The summed E-state index contributed by atoms with van der Waals surface area (Å²) in [6, 6.07) is 4.02. The summed E-state index contributed by atoms with van der Waals surface area (Å²) < 4.78 is 0. The Kier molecular flexibility index (Phi) is 4.86. The first-order valence-electron chi connectivity index (χ1n) is 6.21. The molecule has 0 aromatic heterocycles. The predicted octanol–water partition coefficient (Wildman–Crippen LogP) is 2.34. The van der Waals surface area contributed by atoms with Crippen molar-refractivity contribution < 1.29 is 9.72 Å². The van der Waals surface area contributed by atoms with Crippen LogP contribution in [0.4, 0.5) is 11.4 Å². The van der Waals surface area contributed by atoms with Gasteiger partial charge >= 0.3 is 0 Å². The van der Waals surface area contributed by atoms with Crippen molar-refractivity contribution in [3.63, 3.8) is 0 Å². The second-order valence-electron chi connectivity index (χ2n) is 4.68. The zero-order valence-corrected chi connectivity index (χ0v) is 11.3. The summed E-state index contributed by atoms with van der Waals surface area (Å²) in [5.74, 6) is 0.0914. The largest absolute Gasteiger partial charge is 0.393 e. The van der Waals surface area contributed by atoms with Crippen LogP contribution in [-0.2, 0) is 0 Å². The number of amides is 1. The van der Waals surface area contributed by atoms with Crippen molar-refractivity contribution in [1.29, 1.82) is 0 Å². The first-order valence-corrected chi connectivity index (χ1v) is 6.21. The zero-order valence-electron chi connectivity index (χ0n) is 11.3. The van der Waals surface area contributed by atoms with Crippen LogP contribution in [0.1, 0.15) is 37.6 Å². The Balaban J connectivity index is 2.84. The van der Waals surface area contributed by atoms with Crippen LogP contribution in [0.25, 0.3) is 0 Å². The van der Waals surface area contributed by atoms with E-state index in [0.29, 0.717) is 11.5 Å². The van der Waals surface area contributed by atoms with E-state index in [0.717, 1.165) is 6.42 Å². The molecule has 3 N–H and O–H groups in total. The number of nitrogens with two attached hydrogens (primary N) is 1. The molecule has 0 fully saturated rings. The number of hydrogen-bond acceptors (Lipinski definition) is 4. The van der Waals surface area contributed by atoms with Gasteiger partial charge in [-0.05, 0) is 25.0 Å². The molecule has 1 amide bonds. The number of anilines is 1. The van der Waals surface area contributed by atoms with Crippen molar-refractivity contribution in [2.75, 3.05) is 5.73 Å². The van der Waals surface area contributed by atoms with Gasteiger partial charge in [0.1, 0.15) is 5.69 Å². The number of benzene rings is 1. The lowest BCUT2D eigenvalue weighted by Crippen LogP contribution is -2.36. The van der Waals surface area contributed by atoms with Gasteiger partial charge in [0.25, 0.3) is 11.6 Å². The van der Waals surface area contributed by atoms with Gasteiger partial charge < -0.3 is 11.1 Å². The number of carbonyl (C=O) groups excluding carboxylic acids is 1. The Bertz CT molecular complexity index is 488. The van der Waals surface area contributed by atoms with Crippen molar-refractivity contribution >= 4 is 17.3 Å². The van der Waals surface area contributed by atoms with E-state index in [9.17, 15) is 14.9 Å². The first-order chi connectivity index (χ1) is 8.86. The van der Waals surface area contributed by atoms with Gasteiger partial charge in [0.15, 0.2) is 0 Å². The molecule has 2 unspecified atom stereocenters. The van der Waals surface area contributed by atoms with Crippen LogP contribution in [-0.4, -0.2) is 16.9 Å². The molecule has 0 saturated carbocycles. The summed E-state index contributed by atoms with van der Waals surface area (Å²) in [5, 5.41) is 13.5. The number of hydrogen-bond donors (Lipinski definition) is 2. The molecule has 6 heteroatoms. The normalized spacial score (nSPS) is 13.6. The third-order valence-electron chi connectivity index (χ3n) is 3.34. The van der Waals surface area contributed by atoms with E-state index in [2.05, 4.69) is 19.2 Å². The Morgan fingerprint density at radius 2 is 2.11 bits per heavy atom. The summed E-state index contributed by atoms with van der Waals surface area (Å²) in [6.07, 6.45) is 0.962. The van der Waals surface area contributed by atoms with E-state index in [-0.39, 0.29) is 23.3 Å². The van der Waals surface area contributed by atoms with Crippen LogP contribution in [0.2, 0.25) is 0 Å². The molecule has 0 radical (unpaired) electrons. The van der Waals surface area contributed by atoms with Crippen molar-refractivity contribution in [2.24, 2.45) is 5.92 Å². The van der Waals surface area contributed by atoms with E-state index in [1.165, 1.54) is 18.2 Å². The monoisotopic (exact) mass is 265 g/mol. The van der Waals surface area contributed by atoms with Crippen molar-refractivity contribution in [3.8, 4) is 0 Å². The smallest absolute Gasteiger partial charge is 0.292 e. The highest BCUT2D eigenvalue weighted by molar-refractivity contribution is 5.95. The third-order valence-corrected chi connectivity index (χ3v) is 3.34. The molecular weight excluding hydrogens is 246 g/mol. The summed E-state index contributed by atoms with van der Waals surface area (Å²) in [4.78, 5) is 22.0. The Morgan fingerprint density at radius 3 is 2.58 bits per heavy atom. The minimum Gasteiger partial charge on any atom is -0.393 e. The SMILES string of the molecule is CCC(C)C(C)NC(=O)c1ccc([N+](=O)[O-])c(N)c1. The summed E-state index contributed by atoms with van der Waals surface area (Å²) in [5.41, 5.74) is 5.69. The molecule has 1 aromatic rings. The Labute approximate surface area is 112 Å². The highest BCUT2D eigenvalue weighted by Crippen LogP contribution is 2.22. The molecular formula is C13H19N3O3. The van der Waals surface area contributed by atoms with Gasteiger partial charge in [0.2, 0.25) is 0 Å². The van der Waals surface area contributed by atoms with Crippen LogP contribution < -0.4 is 11.1 Å². The lowest BCUT2D eigenvalue weighted by atomic mass is 10.0. The number of nitrogen functional groups attached to an aromatic ring is 1. The third kappa shape index (κ3) is 3.67. The number of rotatable bonds is 5. The molecule has 6 nitrogen and oxygen atoms in total. The van der Waals surface area contributed by atoms with E-state index in [1.807, 2.05) is 6.92 Å². The van der Waals surface area contributed by atoms with Gasteiger partial charge in [-0.2, -0.15) is 0 Å². The fourth-order valence-corrected chi connectivity index (χ4v) is 1.65. The van der Waals surface area contributed by atoms with E-state index in [4.69, 9.17) is 5.73 Å². The van der Waals surface area contributed by atoms with Gasteiger partial charge in [-0.25, -0.2) is 0 Å².